The van der Waals surface area contributed by atoms with Gasteiger partial charge in [-0.15, -0.1) is 0 Å². The van der Waals surface area contributed by atoms with E-state index < -0.39 is 9.84 Å². The summed E-state index contributed by atoms with van der Waals surface area (Å²) in [6, 6.07) is 5.39. The molecule has 0 aliphatic heterocycles. The summed E-state index contributed by atoms with van der Waals surface area (Å²) in [7, 11) is -3.21. The molecule has 0 unspecified atom stereocenters. The van der Waals surface area contributed by atoms with E-state index in [-0.39, 0.29) is 5.41 Å². The normalized spacial score (nSPS) is 19.1. The van der Waals surface area contributed by atoms with Crippen LogP contribution in [0.3, 0.4) is 0 Å². The summed E-state index contributed by atoms with van der Waals surface area (Å²) in [5.74, 6) is 0. The topological polar surface area (TPSA) is 60.2 Å². The van der Waals surface area contributed by atoms with Gasteiger partial charge < -0.3 is 5.73 Å². The van der Waals surface area contributed by atoms with Crippen molar-refractivity contribution in [2.45, 2.75) is 36.0 Å². The molecular formula is C13H18BrNO2S. The van der Waals surface area contributed by atoms with Crippen LogP contribution >= 0.6 is 15.9 Å². The predicted molar refractivity (Wildman–Crippen MR) is 76.5 cm³/mol. The Kier molecular flexibility index (Phi) is 3.85. The van der Waals surface area contributed by atoms with Crippen molar-refractivity contribution in [2.75, 3.05) is 12.8 Å². The maximum absolute atomic E-state index is 11.9. The average Bonchev–Trinajstić information content (AvgIpc) is 2.77. The van der Waals surface area contributed by atoms with Crippen LogP contribution in [-0.4, -0.2) is 21.2 Å². The molecule has 5 heteroatoms. The van der Waals surface area contributed by atoms with Gasteiger partial charge in [0.2, 0.25) is 0 Å². The lowest BCUT2D eigenvalue weighted by molar-refractivity contribution is 0.443. The Morgan fingerprint density at radius 1 is 1.33 bits per heavy atom. The first-order valence-electron chi connectivity index (χ1n) is 6.09. The maximum atomic E-state index is 11.9. The molecule has 1 aliphatic rings. The van der Waals surface area contributed by atoms with Gasteiger partial charge in [0.25, 0.3) is 0 Å². The van der Waals surface area contributed by atoms with Crippen LogP contribution in [0.4, 0.5) is 0 Å². The molecule has 100 valence electrons. The zero-order valence-electron chi connectivity index (χ0n) is 10.4. The minimum absolute atomic E-state index is 0.164. The van der Waals surface area contributed by atoms with Crippen LogP contribution in [0.5, 0.6) is 0 Å². The molecule has 3 nitrogen and oxygen atoms in total. The number of rotatable bonds is 3. The third-order valence-corrected chi connectivity index (χ3v) is 5.51. The lowest BCUT2D eigenvalue weighted by Crippen LogP contribution is -2.33. The Hall–Kier alpha value is -0.390. The first-order chi connectivity index (χ1) is 8.39. The van der Waals surface area contributed by atoms with E-state index in [0.29, 0.717) is 11.4 Å². The number of hydrogen-bond acceptors (Lipinski definition) is 3. The van der Waals surface area contributed by atoms with E-state index in [2.05, 4.69) is 15.9 Å². The molecule has 2 N–H and O–H groups in total. The van der Waals surface area contributed by atoms with Crippen LogP contribution in [0, 0.1) is 0 Å². The molecule has 1 aliphatic carbocycles. The fourth-order valence-corrected chi connectivity index (χ4v) is 4.23. The largest absolute Gasteiger partial charge is 0.330 e. The van der Waals surface area contributed by atoms with Crippen LogP contribution in [0.25, 0.3) is 0 Å². The lowest BCUT2D eigenvalue weighted by Gasteiger charge is -2.30. The van der Waals surface area contributed by atoms with Crippen molar-refractivity contribution in [2.24, 2.45) is 5.73 Å². The van der Waals surface area contributed by atoms with E-state index in [1.165, 1.54) is 6.26 Å². The monoisotopic (exact) mass is 331 g/mol. The predicted octanol–water partition coefficient (Wildman–Crippen LogP) is 2.62. The van der Waals surface area contributed by atoms with E-state index in [9.17, 15) is 8.42 Å². The van der Waals surface area contributed by atoms with Crippen molar-refractivity contribution in [1.82, 2.24) is 0 Å². The standard InChI is InChI=1S/C13H18BrNO2S/c1-18(16,17)12-5-4-10(14)8-11(12)13(9-15)6-2-3-7-13/h4-5,8H,2-3,6-7,9,15H2,1H3. The van der Waals surface area contributed by atoms with Crippen molar-refractivity contribution in [1.29, 1.82) is 0 Å². The second-order valence-corrected chi connectivity index (χ2v) is 8.00. The zero-order chi connectivity index (χ0) is 13.4. The van der Waals surface area contributed by atoms with Crippen molar-refractivity contribution in [3.63, 3.8) is 0 Å². The second-order valence-electron chi connectivity index (χ2n) is 5.10. The smallest absolute Gasteiger partial charge is 0.175 e. The third kappa shape index (κ3) is 2.49. The minimum atomic E-state index is -3.21. The van der Waals surface area contributed by atoms with Crippen molar-refractivity contribution < 1.29 is 8.42 Å². The summed E-state index contributed by atoms with van der Waals surface area (Å²) < 4.78 is 24.8. The highest BCUT2D eigenvalue weighted by Crippen LogP contribution is 2.43. The first-order valence-corrected chi connectivity index (χ1v) is 8.78. The highest BCUT2D eigenvalue weighted by atomic mass is 79.9. The molecule has 0 aromatic heterocycles. The third-order valence-electron chi connectivity index (χ3n) is 3.86. The number of hydrogen-bond donors (Lipinski definition) is 1. The van der Waals surface area contributed by atoms with Gasteiger partial charge in [0.05, 0.1) is 4.90 Å². The van der Waals surface area contributed by atoms with Crippen molar-refractivity contribution in [3.05, 3.63) is 28.2 Å². The Morgan fingerprint density at radius 2 is 1.94 bits per heavy atom. The number of sulfone groups is 1. The van der Waals surface area contributed by atoms with Crippen molar-refractivity contribution >= 4 is 25.8 Å². The fourth-order valence-electron chi connectivity index (χ4n) is 2.88. The lowest BCUT2D eigenvalue weighted by atomic mass is 9.79. The minimum Gasteiger partial charge on any atom is -0.330 e. The van der Waals surface area contributed by atoms with Crippen LogP contribution in [0.15, 0.2) is 27.6 Å². The van der Waals surface area contributed by atoms with E-state index in [0.717, 1.165) is 35.7 Å². The van der Waals surface area contributed by atoms with Gasteiger partial charge in [-0.25, -0.2) is 8.42 Å². The Morgan fingerprint density at radius 3 is 2.44 bits per heavy atom. The van der Waals surface area contributed by atoms with Gasteiger partial charge in [-0.2, -0.15) is 0 Å². The molecular weight excluding hydrogens is 314 g/mol. The Labute approximate surface area is 117 Å². The van der Waals surface area contributed by atoms with Crippen molar-refractivity contribution in [3.8, 4) is 0 Å². The van der Waals surface area contributed by atoms with Crippen LogP contribution < -0.4 is 5.73 Å². The maximum Gasteiger partial charge on any atom is 0.175 e. The van der Waals surface area contributed by atoms with Gasteiger partial charge in [-0.3, -0.25) is 0 Å². The molecule has 0 radical (unpaired) electrons. The zero-order valence-corrected chi connectivity index (χ0v) is 12.9. The Bertz CT molecular complexity index is 548. The highest BCUT2D eigenvalue weighted by Gasteiger charge is 2.37. The molecule has 0 bridgehead atoms. The molecule has 0 amide bonds. The van der Waals surface area contributed by atoms with Crippen LogP contribution in [0.2, 0.25) is 0 Å². The molecule has 0 spiro atoms. The molecule has 1 fully saturated rings. The molecule has 2 rings (SSSR count). The van der Waals surface area contributed by atoms with Gasteiger partial charge in [0.15, 0.2) is 9.84 Å². The van der Waals surface area contributed by atoms with Gasteiger partial charge in [0, 0.05) is 22.7 Å². The number of halogens is 1. The highest BCUT2D eigenvalue weighted by molar-refractivity contribution is 9.10. The first kappa shape index (κ1) is 14.0. The van der Waals surface area contributed by atoms with E-state index in [1.54, 1.807) is 12.1 Å². The summed E-state index contributed by atoms with van der Waals surface area (Å²) in [4.78, 5) is 0.429. The van der Waals surface area contributed by atoms with E-state index in [1.807, 2.05) is 6.07 Å². The summed E-state index contributed by atoms with van der Waals surface area (Å²) in [5.41, 5.74) is 6.68. The summed E-state index contributed by atoms with van der Waals surface area (Å²) in [6.07, 6.45) is 5.45. The Balaban J connectivity index is 2.65. The summed E-state index contributed by atoms with van der Waals surface area (Å²) >= 11 is 3.43. The van der Waals surface area contributed by atoms with E-state index in [4.69, 9.17) is 5.73 Å². The summed E-state index contributed by atoms with van der Waals surface area (Å²) in [6.45, 7) is 0.506. The van der Waals surface area contributed by atoms with Crippen LogP contribution in [-0.2, 0) is 15.3 Å². The molecule has 1 aromatic carbocycles. The fraction of sp³-hybridized carbons (Fsp3) is 0.538. The molecule has 18 heavy (non-hydrogen) atoms. The molecule has 1 saturated carbocycles. The number of nitrogens with two attached hydrogens (primary N) is 1. The SMILES string of the molecule is CS(=O)(=O)c1ccc(Br)cc1C1(CN)CCCC1. The molecule has 1 aromatic rings. The van der Waals surface area contributed by atoms with Gasteiger partial charge in [-0.05, 0) is 36.6 Å². The van der Waals surface area contributed by atoms with E-state index >= 15 is 0 Å². The molecule has 0 saturated heterocycles. The van der Waals surface area contributed by atoms with Gasteiger partial charge >= 0.3 is 0 Å². The molecule has 0 heterocycles. The summed E-state index contributed by atoms with van der Waals surface area (Å²) in [5, 5.41) is 0. The second kappa shape index (κ2) is 4.94. The molecule has 0 atom stereocenters. The van der Waals surface area contributed by atoms with Gasteiger partial charge in [-0.1, -0.05) is 28.8 Å². The average molecular weight is 332 g/mol. The quantitative estimate of drug-likeness (QED) is 0.926. The number of benzene rings is 1. The van der Waals surface area contributed by atoms with Gasteiger partial charge in [0.1, 0.15) is 0 Å². The van der Waals surface area contributed by atoms with Crippen LogP contribution in [0.1, 0.15) is 31.2 Å².